The van der Waals surface area contributed by atoms with Crippen LogP contribution in [0.5, 0.6) is 0 Å². The SMILES string of the molecule is O=C(O)c1cc(CS)c(C(=O)O)cc1CS. The fraction of sp³-hybridized carbons (Fsp3) is 0.200. The molecule has 1 aromatic rings. The van der Waals surface area contributed by atoms with Crippen molar-refractivity contribution in [1.29, 1.82) is 0 Å². The van der Waals surface area contributed by atoms with Gasteiger partial charge < -0.3 is 10.2 Å². The molecule has 0 aliphatic rings. The van der Waals surface area contributed by atoms with Crippen LogP contribution in [-0.2, 0) is 11.5 Å². The van der Waals surface area contributed by atoms with Crippen molar-refractivity contribution in [3.05, 3.63) is 34.4 Å². The zero-order valence-corrected chi connectivity index (χ0v) is 9.96. The van der Waals surface area contributed by atoms with Crippen LogP contribution < -0.4 is 0 Å². The summed E-state index contributed by atoms with van der Waals surface area (Å²) in [6, 6.07) is 2.68. The smallest absolute Gasteiger partial charge is 0.336 e. The minimum Gasteiger partial charge on any atom is -0.478 e. The Labute approximate surface area is 103 Å². The zero-order valence-electron chi connectivity index (χ0n) is 8.17. The van der Waals surface area contributed by atoms with Gasteiger partial charge in [0.05, 0.1) is 11.1 Å². The molecule has 0 amide bonds. The van der Waals surface area contributed by atoms with Gasteiger partial charge in [-0.05, 0) is 23.3 Å². The number of thiol groups is 2. The van der Waals surface area contributed by atoms with Gasteiger partial charge in [0.25, 0.3) is 0 Å². The molecule has 0 saturated heterocycles. The van der Waals surface area contributed by atoms with E-state index in [4.69, 9.17) is 10.2 Å². The number of carboxylic acid groups (broad SMARTS) is 2. The summed E-state index contributed by atoms with van der Waals surface area (Å²) in [6.07, 6.45) is 0. The summed E-state index contributed by atoms with van der Waals surface area (Å²) in [5.41, 5.74) is 0.922. The second-order valence-corrected chi connectivity index (χ2v) is 3.73. The number of aromatic carboxylic acids is 2. The van der Waals surface area contributed by atoms with E-state index in [0.717, 1.165) is 0 Å². The first kappa shape index (κ1) is 12.9. The van der Waals surface area contributed by atoms with E-state index in [2.05, 4.69) is 25.3 Å². The normalized spacial score (nSPS) is 10.1. The Kier molecular flexibility index (Phi) is 4.26. The van der Waals surface area contributed by atoms with Crippen LogP contribution in [0.3, 0.4) is 0 Å². The topological polar surface area (TPSA) is 74.6 Å². The lowest BCUT2D eigenvalue weighted by Gasteiger charge is -2.09. The Hall–Kier alpha value is -1.14. The van der Waals surface area contributed by atoms with E-state index < -0.39 is 11.9 Å². The molecule has 0 aliphatic heterocycles. The maximum absolute atomic E-state index is 10.9. The first-order chi connectivity index (χ1) is 7.51. The third-order valence-corrected chi connectivity index (χ3v) is 2.81. The average Bonchev–Trinajstić information content (AvgIpc) is 2.26. The van der Waals surface area contributed by atoms with Gasteiger partial charge in [0, 0.05) is 11.5 Å². The van der Waals surface area contributed by atoms with Crippen LogP contribution in [0.4, 0.5) is 0 Å². The molecule has 1 rings (SSSR count). The van der Waals surface area contributed by atoms with Crippen molar-refractivity contribution in [2.75, 3.05) is 0 Å². The summed E-state index contributed by atoms with van der Waals surface area (Å²) in [5, 5.41) is 17.9. The molecular formula is C10H10O4S2. The van der Waals surface area contributed by atoms with Gasteiger partial charge in [-0.2, -0.15) is 25.3 Å². The van der Waals surface area contributed by atoms with E-state index in [9.17, 15) is 9.59 Å². The molecule has 6 heteroatoms. The van der Waals surface area contributed by atoms with Gasteiger partial charge in [0.2, 0.25) is 0 Å². The number of carbonyl (C=O) groups is 2. The van der Waals surface area contributed by atoms with Crippen LogP contribution in [0.2, 0.25) is 0 Å². The van der Waals surface area contributed by atoms with Crippen molar-refractivity contribution in [2.45, 2.75) is 11.5 Å². The molecule has 0 spiro atoms. The summed E-state index contributed by atoms with van der Waals surface area (Å²) >= 11 is 7.96. The van der Waals surface area contributed by atoms with Crippen LogP contribution >= 0.6 is 25.3 Å². The molecule has 2 N–H and O–H groups in total. The van der Waals surface area contributed by atoms with E-state index in [1.54, 1.807) is 0 Å². The molecule has 0 radical (unpaired) electrons. The fourth-order valence-electron chi connectivity index (χ4n) is 1.35. The van der Waals surface area contributed by atoms with Gasteiger partial charge in [0.15, 0.2) is 0 Å². The first-order valence-corrected chi connectivity index (χ1v) is 5.61. The van der Waals surface area contributed by atoms with Gasteiger partial charge in [-0.1, -0.05) is 0 Å². The minimum absolute atomic E-state index is 0.0732. The first-order valence-electron chi connectivity index (χ1n) is 4.35. The van der Waals surface area contributed by atoms with Crippen molar-refractivity contribution >= 4 is 37.2 Å². The van der Waals surface area contributed by atoms with Crippen LogP contribution in [0.1, 0.15) is 31.8 Å². The largest absolute Gasteiger partial charge is 0.478 e. The Bertz CT molecular complexity index is 401. The van der Waals surface area contributed by atoms with Gasteiger partial charge in [-0.15, -0.1) is 0 Å². The van der Waals surface area contributed by atoms with Crippen molar-refractivity contribution in [1.82, 2.24) is 0 Å². The van der Waals surface area contributed by atoms with Crippen molar-refractivity contribution in [2.24, 2.45) is 0 Å². The summed E-state index contributed by atoms with van der Waals surface area (Å²) in [6.45, 7) is 0. The standard InChI is InChI=1S/C10H10O4S2/c11-9(12)7-1-5(3-15)8(10(13)14)2-6(7)4-16/h1-2,15-16H,3-4H2,(H,11,12)(H,13,14). The van der Waals surface area contributed by atoms with Gasteiger partial charge >= 0.3 is 11.9 Å². The Morgan fingerprint density at radius 1 is 0.938 bits per heavy atom. The molecule has 0 bridgehead atoms. The highest BCUT2D eigenvalue weighted by atomic mass is 32.1. The average molecular weight is 258 g/mol. The molecule has 86 valence electrons. The molecule has 1 aromatic carbocycles. The fourth-order valence-corrected chi connectivity index (χ4v) is 1.87. The van der Waals surface area contributed by atoms with E-state index in [-0.39, 0.29) is 22.6 Å². The van der Waals surface area contributed by atoms with Crippen LogP contribution in [0.25, 0.3) is 0 Å². The molecule has 0 aromatic heterocycles. The van der Waals surface area contributed by atoms with Gasteiger partial charge in [0.1, 0.15) is 0 Å². The molecule has 0 aliphatic carbocycles. The zero-order chi connectivity index (χ0) is 12.3. The number of hydrogen-bond donors (Lipinski definition) is 4. The van der Waals surface area contributed by atoms with Crippen LogP contribution in [0, 0.1) is 0 Å². The lowest BCUT2D eigenvalue weighted by molar-refractivity contribution is 0.0679. The Morgan fingerprint density at radius 3 is 1.44 bits per heavy atom. The maximum Gasteiger partial charge on any atom is 0.336 e. The van der Waals surface area contributed by atoms with E-state index in [1.165, 1.54) is 12.1 Å². The summed E-state index contributed by atoms with van der Waals surface area (Å²) < 4.78 is 0. The van der Waals surface area contributed by atoms with Crippen LogP contribution in [0.15, 0.2) is 12.1 Å². The highest BCUT2D eigenvalue weighted by molar-refractivity contribution is 7.79. The van der Waals surface area contributed by atoms with Crippen molar-refractivity contribution in [3.8, 4) is 0 Å². The third-order valence-electron chi connectivity index (χ3n) is 2.13. The number of benzene rings is 1. The molecule has 0 saturated carbocycles. The molecular weight excluding hydrogens is 248 g/mol. The summed E-state index contributed by atoms with van der Waals surface area (Å²) in [5.74, 6) is -1.84. The molecule has 0 unspecified atom stereocenters. The summed E-state index contributed by atoms with van der Waals surface area (Å²) in [4.78, 5) is 21.8. The molecule has 16 heavy (non-hydrogen) atoms. The van der Waals surface area contributed by atoms with Crippen LogP contribution in [-0.4, -0.2) is 22.2 Å². The van der Waals surface area contributed by atoms with E-state index in [0.29, 0.717) is 11.1 Å². The summed E-state index contributed by atoms with van der Waals surface area (Å²) in [7, 11) is 0. The predicted octanol–water partition coefficient (Wildman–Crippen LogP) is 1.94. The van der Waals surface area contributed by atoms with Crippen molar-refractivity contribution < 1.29 is 19.8 Å². The Balaban J connectivity index is 3.46. The maximum atomic E-state index is 10.9. The number of hydrogen-bond acceptors (Lipinski definition) is 4. The Morgan fingerprint density at radius 2 is 1.25 bits per heavy atom. The molecule has 0 heterocycles. The minimum atomic E-state index is -1.09. The number of carboxylic acids is 2. The molecule has 0 fully saturated rings. The van der Waals surface area contributed by atoms with Crippen molar-refractivity contribution in [3.63, 3.8) is 0 Å². The third kappa shape index (κ3) is 2.51. The second kappa shape index (κ2) is 5.27. The second-order valence-electron chi connectivity index (χ2n) is 3.09. The molecule has 4 nitrogen and oxygen atoms in total. The lowest BCUT2D eigenvalue weighted by Crippen LogP contribution is -2.08. The predicted molar refractivity (Wildman–Crippen MR) is 65.7 cm³/mol. The quantitative estimate of drug-likeness (QED) is 0.623. The molecule has 0 atom stereocenters. The highest BCUT2D eigenvalue weighted by Crippen LogP contribution is 2.20. The number of rotatable bonds is 4. The lowest BCUT2D eigenvalue weighted by atomic mass is 10.00. The highest BCUT2D eigenvalue weighted by Gasteiger charge is 2.16. The van der Waals surface area contributed by atoms with E-state index in [1.807, 2.05) is 0 Å². The monoisotopic (exact) mass is 258 g/mol. The van der Waals surface area contributed by atoms with Gasteiger partial charge in [-0.25, -0.2) is 9.59 Å². The van der Waals surface area contributed by atoms with Gasteiger partial charge in [-0.3, -0.25) is 0 Å². The van der Waals surface area contributed by atoms with E-state index >= 15 is 0 Å².